The van der Waals surface area contributed by atoms with Gasteiger partial charge in [0.05, 0.1) is 6.61 Å². The average Bonchev–Trinajstić information content (AvgIpc) is 2.97. The monoisotopic (exact) mass is 334 g/mol. The summed E-state index contributed by atoms with van der Waals surface area (Å²) in [4.78, 5) is 23.3. The summed E-state index contributed by atoms with van der Waals surface area (Å²) in [7, 11) is -3.98. The molecule has 0 bridgehead atoms. The molecule has 22 heavy (non-hydrogen) atoms. The van der Waals surface area contributed by atoms with Crippen LogP contribution in [0.2, 0.25) is 0 Å². The van der Waals surface area contributed by atoms with Crippen molar-refractivity contribution in [1.29, 1.82) is 0 Å². The van der Waals surface area contributed by atoms with Gasteiger partial charge in [0, 0.05) is 13.1 Å². The molecule has 1 N–H and O–H groups in total. The van der Waals surface area contributed by atoms with Crippen molar-refractivity contribution in [2.45, 2.75) is 51.1 Å². The van der Waals surface area contributed by atoms with E-state index < -0.39 is 34.2 Å². The Balaban J connectivity index is 2.24. The molecule has 2 rings (SSSR count). The number of rotatable bonds is 5. The first kappa shape index (κ1) is 17.2. The van der Waals surface area contributed by atoms with Gasteiger partial charge >= 0.3 is 11.9 Å². The van der Waals surface area contributed by atoms with E-state index in [0.717, 1.165) is 8.61 Å². The molecule has 2 atom stereocenters. The first-order chi connectivity index (χ1) is 10.4. The van der Waals surface area contributed by atoms with Gasteiger partial charge in [0.25, 0.3) is 10.2 Å². The minimum absolute atomic E-state index is 0.172. The van der Waals surface area contributed by atoms with Crippen molar-refractivity contribution in [1.82, 2.24) is 8.61 Å². The van der Waals surface area contributed by atoms with Crippen molar-refractivity contribution < 1.29 is 27.9 Å². The number of carbonyl (C=O) groups is 2. The van der Waals surface area contributed by atoms with Crippen LogP contribution in [0.15, 0.2) is 0 Å². The second-order valence-corrected chi connectivity index (χ2v) is 7.32. The van der Waals surface area contributed by atoms with E-state index in [2.05, 4.69) is 0 Å². The number of carboxylic acid groups (broad SMARTS) is 1. The Hall–Kier alpha value is -1.19. The molecule has 2 aliphatic heterocycles. The van der Waals surface area contributed by atoms with E-state index in [1.807, 2.05) is 0 Å². The summed E-state index contributed by atoms with van der Waals surface area (Å²) in [6, 6.07) is -1.90. The molecule has 9 heteroatoms. The Kier molecular flexibility index (Phi) is 5.41. The molecule has 0 aromatic rings. The molecule has 0 amide bonds. The van der Waals surface area contributed by atoms with E-state index in [9.17, 15) is 23.1 Å². The standard InChI is InChI=1S/C13H22N2O6S/c1-2-21-13(18)11-7-5-9-15(11)22(19,20)14-8-4-3-6-10(14)12(16)17/h10-11H,2-9H2,1H3,(H,16,17). The molecule has 0 saturated carbocycles. The third-order valence-corrected chi connectivity index (χ3v) is 6.15. The highest BCUT2D eigenvalue weighted by atomic mass is 32.2. The summed E-state index contributed by atoms with van der Waals surface area (Å²) >= 11 is 0. The van der Waals surface area contributed by atoms with Crippen LogP contribution in [-0.2, 0) is 24.5 Å². The van der Waals surface area contributed by atoms with Gasteiger partial charge in [-0.05, 0) is 39.0 Å². The van der Waals surface area contributed by atoms with Crippen LogP contribution in [0.3, 0.4) is 0 Å². The summed E-state index contributed by atoms with van der Waals surface area (Å²) in [6.07, 6.45) is 2.58. The molecule has 0 aromatic carbocycles. The van der Waals surface area contributed by atoms with E-state index in [-0.39, 0.29) is 19.7 Å². The molecule has 0 aromatic heterocycles. The smallest absolute Gasteiger partial charge is 0.324 e. The van der Waals surface area contributed by atoms with Gasteiger partial charge in [-0.3, -0.25) is 9.59 Å². The summed E-state index contributed by atoms with van der Waals surface area (Å²) in [5.41, 5.74) is 0. The van der Waals surface area contributed by atoms with E-state index >= 15 is 0 Å². The number of piperidine rings is 1. The van der Waals surface area contributed by atoms with Gasteiger partial charge in [-0.2, -0.15) is 17.0 Å². The minimum atomic E-state index is -3.98. The number of carboxylic acids is 1. The molecule has 0 spiro atoms. The molecule has 126 valence electrons. The van der Waals surface area contributed by atoms with Crippen molar-refractivity contribution in [3.63, 3.8) is 0 Å². The van der Waals surface area contributed by atoms with Crippen LogP contribution in [0, 0.1) is 0 Å². The molecule has 2 aliphatic rings. The summed E-state index contributed by atoms with van der Waals surface area (Å²) in [5.74, 6) is -1.71. The topological polar surface area (TPSA) is 104 Å². The molecule has 0 radical (unpaired) electrons. The minimum Gasteiger partial charge on any atom is -0.480 e. The lowest BCUT2D eigenvalue weighted by atomic mass is 10.1. The van der Waals surface area contributed by atoms with Gasteiger partial charge in [-0.1, -0.05) is 0 Å². The van der Waals surface area contributed by atoms with Crippen LogP contribution in [0.1, 0.15) is 39.0 Å². The predicted molar refractivity (Wildman–Crippen MR) is 77.3 cm³/mol. The zero-order valence-corrected chi connectivity index (χ0v) is 13.4. The van der Waals surface area contributed by atoms with Crippen LogP contribution in [-0.4, -0.2) is 65.9 Å². The summed E-state index contributed by atoms with van der Waals surface area (Å²) in [5, 5.41) is 9.26. The fraction of sp³-hybridized carbons (Fsp3) is 0.846. The average molecular weight is 334 g/mol. The largest absolute Gasteiger partial charge is 0.480 e. The number of hydrogen-bond acceptors (Lipinski definition) is 5. The molecule has 2 unspecified atom stereocenters. The van der Waals surface area contributed by atoms with Gasteiger partial charge in [0.2, 0.25) is 0 Å². The predicted octanol–water partition coefficient (Wildman–Crippen LogP) is 0.198. The normalized spacial score (nSPS) is 27.7. The second kappa shape index (κ2) is 6.93. The third-order valence-electron chi connectivity index (χ3n) is 4.09. The maximum Gasteiger partial charge on any atom is 0.324 e. The Morgan fingerprint density at radius 2 is 1.68 bits per heavy atom. The Bertz CT molecular complexity index is 535. The Morgan fingerprint density at radius 3 is 2.32 bits per heavy atom. The Morgan fingerprint density at radius 1 is 1.09 bits per heavy atom. The van der Waals surface area contributed by atoms with Crippen LogP contribution in [0.25, 0.3) is 0 Å². The van der Waals surface area contributed by atoms with Gasteiger partial charge < -0.3 is 9.84 Å². The third kappa shape index (κ3) is 3.26. The van der Waals surface area contributed by atoms with E-state index in [0.29, 0.717) is 32.1 Å². The lowest BCUT2D eigenvalue weighted by Gasteiger charge is -2.36. The summed E-state index contributed by atoms with van der Waals surface area (Å²) < 4.78 is 32.7. The van der Waals surface area contributed by atoms with Crippen molar-refractivity contribution in [2.24, 2.45) is 0 Å². The lowest BCUT2D eigenvalue weighted by molar-refractivity contribution is -0.146. The highest BCUT2D eigenvalue weighted by Crippen LogP contribution is 2.29. The van der Waals surface area contributed by atoms with Crippen LogP contribution < -0.4 is 0 Å². The van der Waals surface area contributed by atoms with Crippen LogP contribution >= 0.6 is 0 Å². The first-order valence-corrected chi connectivity index (χ1v) is 8.97. The number of esters is 1. The SMILES string of the molecule is CCOC(=O)C1CCCN1S(=O)(=O)N1CCCCC1C(=O)O. The number of aliphatic carboxylic acids is 1. The van der Waals surface area contributed by atoms with E-state index in [1.165, 1.54) is 0 Å². The highest BCUT2D eigenvalue weighted by Gasteiger charge is 2.46. The summed E-state index contributed by atoms with van der Waals surface area (Å²) in [6.45, 7) is 2.24. The second-order valence-electron chi connectivity index (χ2n) is 5.49. The van der Waals surface area contributed by atoms with Crippen molar-refractivity contribution in [2.75, 3.05) is 19.7 Å². The van der Waals surface area contributed by atoms with Gasteiger partial charge in [0.15, 0.2) is 0 Å². The van der Waals surface area contributed by atoms with Crippen molar-refractivity contribution in [3.05, 3.63) is 0 Å². The van der Waals surface area contributed by atoms with Crippen molar-refractivity contribution in [3.8, 4) is 0 Å². The zero-order valence-electron chi connectivity index (χ0n) is 12.6. The fourth-order valence-electron chi connectivity index (χ4n) is 3.05. The van der Waals surface area contributed by atoms with Crippen molar-refractivity contribution >= 4 is 22.1 Å². The maximum absolute atomic E-state index is 12.8. The van der Waals surface area contributed by atoms with E-state index in [4.69, 9.17) is 4.74 Å². The molecule has 2 heterocycles. The van der Waals surface area contributed by atoms with E-state index in [1.54, 1.807) is 6.92 Å². The number of carbonyl (C=O) groups excluding carboxylic acids is 1. The Labute approximate surface area is 130 Å². The quantitative estimate of drug-likeness (QED) is 0.720. The zero-order chi connectivity index (χ0) is 16.3. The number of ether oxygens (including phenoxy) is 1. The molecule has 8 nitrogen and oxygen atoms in total. The number of nitrogens with zero attached hydrogens (tertiary/aromatic N) is 2. The molecule has 2 saturated heterocycles. The lowest BCUT2D eigenvalue weighted by Crippen LogP contribution is -2.55. The fourth-order valence-corrected chi connectivity index (χ4v) is 5.07. The first-order valence-electron chi connectivity index (χ1n) is 7.57. The molecule has 2 fully saturated rings. The molecular weight excluding hydrogens is 312 g/mol. The van der Waals surface area contributed by atoms with Gasteiger partial charge in [-0.15, -0.1) is 0 Å². The van der Waals surface area contributed by atoms with Gasteiger partial charge in [0.1, 0.15) is 12.1 Å². The molecule has 0 aliphatic carbocycles. The maximum atomic E-state index is 12.8. The van der Waals surface area contributed by atoms with Crippen LogP contribution in [0.5, 0.6) is 0 Å². The highest BCUT2D eigenvalue weighted by molar-refractivity contribution is 7.86. The van der Waals surface area contributed by atoms with Gasteiger partial charge in [-0.25, -0.2) is 0 Å². The van der Waals surface area contributed by atoms with Crippen LogP contribution in [0.4, 0.5) is 0 Å². The number of hydrogen-bond donors (Lipinski definition) is 1. The molecular formula is C13H22N2O6S.